The number of nitrogens with two attached hydrogens (primary N) is 1. The van der Waals surface area contributed by atoms with Crippen LogP contribution in [0, 0.1) is 5.92 Å². The number of sulfonamides is 1. The molecule has 20 heavy (non-hydrogen) atoms. The highest BCUT2D eigenvalue weighted by Gasteiger charge is 2.30. The molecule has 6 nitrogen and oxygen atoms in total. The molecule has 1 heterocycles. The maximum absolute atomic E-state index is 12.2. The first kappa shape index (κ1) is 17.7. The number of piperazine rings is 1. The maximum Gasteiger partial charge on any atom is 0.222 e. The van der Waals surface area contributed by atoms with Crippen molar-refractivity contribution in [2.75, 3.05) is 32.4 Å². The number of carbonyl (C=O) groups excluding carboxylic acids is 1. The lowest BCUT2D eigenvalue weighted by Crippen LogP contribution is -2.50. The van der Waals surface area contributed by atoms with E-state index in [2.05, 4.69) is 0 Å². The molecular formula is C12H24ClN3O3S. The highest BCUT2D eigenvalue weighted by molar-refractivity contribution is 7.88. The van der Waals surface area contributed by atoms with Crippen molar-refractivity contribution < 1.29 is 13.2 Å². The van der Waals surface area contributed by atoms with Crippen LogP contribution in [-0.4, -0.2) is 62.0 Å². The molecule has 2 rings (SSSR count). The van der Waals surface area contributed by atoms with Crippen molar-refractivity contribution in [1.82, 2.24) is 9.21 Å². The summed E-state index contributed by atoms with van der Waals surface area (Å²) in [5.41, 5.74) is 5.98. The van der Waals surface area contributed by atoms with Crippen LogP contribution in [0.15, 0.2) is 0 Å². The van der Waals surface area contributed by atoms with Gasteiger partial charge in [-0.05, 0) is 18.8 Å². The first-order valence-corrected chi connectivity index (χ1v) is 8.71. The second kappa shape index (κ2) is 7.06. The number of carbonyl (C=O) groups is 1. The molecule has 0 bridgehead atoms. The van der Waals surface area contributed by atoms with E-state index in [0.29, 0.717) is 38.5 Å². The Kier molecular flexibility index (Phi) is 6.25. The predicted octanol–water partition coefficient (Wildman–Crippen LogP) is 0.0295. The summed E-state index contributed by atoms with van der Waals surface area (Å²) in [5.74, 6) is 0.427. The Bertz CT molecular complexity index is 435. The molecule has 8 heteroatoms. The molecule has 1 amide bonds. The van der Waals surface area contributed by atoms with Gasteiger partial charge >= 0.3 is 0 Å². The van der Waals surface area contributed by atoms with E-state index in [4.69, 9.17) is 5.73 Å². The average Bonchev–Trinajstić information content (AvgIpc) is 2.74. The van der Waals surface area contributed by atoms with Gasteiger partial charge in [0.15, 0.2) is 0 Å². The largest absolute Gasteiger partial charge is 0.340 e. The van der Waals surface area contributed by atoms with Gasteiger partial charge in [-0.3, -0.25) is 4.79 Å². The van der Waals surface area contributed by atoms with Crippen LogP contribution in [0.1, 0.15) is 25.7 Å². The summed E-state index contributed by atoms with van der Waals surface area (Å²) in [4.78, 5) is 13.9. The number of hydrogen-bond donors (Lipinski definition) is 1. The molecule has 1 aliphatic heterocycles. The van der Waals surface area contributed by atoms with Gasteiger partial charge in [-0.2, -0.15) is 4.31 Å². The summed E-state index contributed by atoms with van der Waals surface area (Å²) >= 11 is 0. The van der Waals surface area contributed by atoms with E-state index in [1.54, 1.807) is 4.90 Å². The van der Waals surface area contributed by atoms with Crippen molar-refractivity contribution in [2.24, 2.45) is 11.7 Å². The van der Waals surface area contributed by atoms with Crippen molar-refractivity contribution in [2.45, 2.75) is 31.7 Å². The number of amides is 1. The number of hydrogen-bond acceptors (Lipinski definition) is 4. The minimum absolute atomic E-state index is 0. The standard InChI is InChI=1S/C12H23N3O3S.ClH/c1-19(17,18)15-7-5-14(6-8-15)12(16)9-10-3-2-4-11(10)13;/h10-11H,2-9,13H2,1H3;1H/t10-,11+;/m0./s1. The molecule has 118 valence electrons. The third kappa shape index (κ3) is 4.31. The van der Waals surface area contributed by atoms with Crippen molar-refractivity contribution in [3.63, 3.8) is 0 Å². The number of rotatable bonds is 3. The molecule has 1 aliphatic carbocycles. The molecule has 2 fully saturated rings. The fraction of sp³-hybridized carbons (Fsp3) is 0.917. The highest BCUT2D eigenvalue weighted by atomic mass is 35.5. The molecule has 0 aromatic carbocycles. The number of nitrogens with zero attached hydrogens (tertiary/aromatic N) is 2. The van der Waals surface area contributed by atoms with E-state index in [9.17, 15) is 13.2 Å². The van der Waals surface area contributed by atoms with Gasteiger partial charge in [-0.15, -0.1) is 12.4 Å². The van der Waals surface area contributed by atoms with Gasteiger partial charge in [0.1, 0.15) is 0 Å². The van der Waals surface area contributed by atoms with Gasteiger partial charge in [0.25, 0.3) is 0 Å². The van der Waals surface area contributed by atoms with Crippen LogP contribution in [0.25, 0.3) is 0 Å². The number of halogens is 1. The summed E-state index contributed by atoms with van der Waals surface area (Å²) in [5, 5.41) is 0. The first-order chi connectivity index (χ1) is 8.88. The summed E-state index contributed by atoms with van der Waals surface area (Å²) < 4.78 is 24.2. The normalized spacial score (nSPS) is 28.2. The fourth-order valence-electron chi connectivity index (χ4n) is 2.94. The Labute approximate surface area is 127 Å². The van der Waals surface area contributed by atoms with E-state index in [1.807, 2.05) is 0 Å². The van der Waals surface area contributed by atoms with Crippen LogP contribution in [0.4, 0.5) is 0 Å². The van der Waals surface area contributed by atoms with Crippen molar-refractivity contribution in [1.29, 1.82) is 0 Å². The monoisotopic (exact) mass is 325 g/mol. The third-order valence-electron chi connectivity index (χ3n) is 4.22. The maximum atomic E-state index is 12.2. The van der Waals surface area contributed by atoms with Gasteiger partial charge in [0.05, 0.1) is 6.26 Å². The Morgan fingerprint density at radius 2 is 1.80 bits per heavy atom. The molecule has 0 unspecified atom stereocenters. The molecule has 0 aromatic heterocycles. The topological polar surface area (TPSA) is 83.7 Å². The molecule has 2 atom stereocenters. The zero-order valence-corrected chi connectivity index (χ0v) is 13.5. The molecular weight excluding hydrogens is 302 g/mol. The van der Waals surface area contributed by atoms with Gasteiger partial charge in [-0.25, -0.2) is 8.42 Å². The minimum Gasteiger partial charge on any atom is -0.340 e. The molecule has 0 aromatic rings. The Hall–Kier alpha value is -0.370. The second-order valence-corrected chi connectivity index (χ2v) is 7.58. The Morgan fingerprint density at radius 1 is 1.20 bits per heavy atom. The van der Waals surface area contributed by atoms with Crippen LogP contribution in [-0.2, 0) is 14.8 Å². The quantitative estimate of drug-likeness (QED) is 0.793. The van der Waals surface area contributed by atoms with E-state index in [0.717, 1.165) is 19.3 Å². The van der Waals surface area contributed by atoms with E-state index in [1.165, 1.54) is 10.6 Å². The molecule has 1 saturated carbocycles. The van der Waals surface area contributed by atoms with Crippen LogP contribution in [0.2, 0.25) is 0 Å². The molecule has 1 saturated heterocycles. The van der Waals surface area contributed by atoms with Gasteiger partial charge in [0.2, 0.25) is 15.9 Å². The van der Waals surface area contributed by atoms with Gasteiger partial charge in [0, 0.05) is 38.6 Å². The minimum atomic E-state index is -3.13. The van der Waals surface area contributed by atoms with E-state index >= 15 is 0 Å². The SMILES string of the molecule is CS(=O)(=O)N1CCN(C(=O)C[C@@H]2CCC[C@H]2N)CC1.Cl. The zero-order chi connectivity index (χ0) is 14.0. The molecule has 0 radical (unpaired) electrons. The van der Waals surface area contributed by atoms with Crippen LogP contribution >= 0.6 is 12.4 Å². The van der Waals surface area contributed by atoms with Crippen LogP contribution in [0.3, 0.4) is 0 Å². The Balaban J connectivity index is 0.00000200. The van der Waals surface area contributed by atoms with Crippen LogP contribution in [0.5, 0.6) is 0 Å². The summed E-state index contributed by atoms with van der Waals surface area (Å²) in [6.45, 7) is 1.80. The lowest BCUT2D eigenvalue weighted by atomic mass is 9.99. The fourth-order valence-corrected chi connectivity index (χ4v) is 3.77. The summed E-state index contributed by atoms with van der Waals surface area (Å²) in [6.07, 6.45) is 4.89. The second-order valence-electron chi connectivity index (χ2n) is 5.60. The molecule has 2 aliphatic rings. The Morgan fingerprint density at radius 3 is 2.25 bits per heavy atom. The molecule has 2 N–H and O–H groups in total. The van der Waals surface area contributed by atoms with Crippen molar-refractivity contribution in [3.8, 4) is 0 Å². The predicted molar refractivity (Wildman–Crippen MR) is 80.2 cm³/mol. The lowest BCUT2D eigenvalue weighted by molar-refractivity contribution is -0.133. The highest BCUT2D eigenvalue weighted by Crippen LogP contribution is 2.27. The van der Waals surface area contributed by atoms with Crippen molar-refractivity contribution >= 4 is 28.3 Å². The van der Waals surface area contributed by atoms with Gasteiger partial charge in [-0.1, -0.05) is 6.42 Å². The van der Waals surface area contributed by atoms with E-state index in [-0.39, 0.29) is 24.4 Å². The summed E-state index contributed by atoms with van der Waals surface area (Å²) in [6, 6.07) is 0.154. The molecule has 0 spiro atoms. The van der Waals surface area contributed by atoms with E-state index < -0.39 is 10.0 Å². The zero-order valence-electron chi connectivity index (χ0n) is 11.8. The third-order valence-corrected chi connectivity index (χ3v) is 5.52. The lowest BCUT2D eigenvalue weighted by Gasteiger charge is -2.34. The van der Waals surface area contributed by atoms with Crippen LogP contribution < -0.4 is 5.73 Å². The first-order valence-electron chi connectivity index (χ1n) is 6.86. The summed E-state index contributed by atoms with van der Waals surface area (Å²) in [7, 11) is -3.13. The average molecular weight is 326 g/mol. The smallest absolute Gasteiger partial charge is 0.222 e. The van der Waals surface area contributed by atoms with Crippen molar-refractivity contribution in [3.05, 3.63) is 0 Å². The van der Waals surface area contributed by atoms with Gasteiger partial charge < -0.3 is 10.6 Å².